The first-order chi connectivity index (χ1) is 52.5. The zero-order valence-corrected chi connectivity index (χ0v) is 109. The molecule has 16 nitrogen and oxygen atoms in total. The van der Waals surface area contributed by atoms with E-state index in [4.69, 9.17) is 49.4 Å². The van der Waals surface area contributed by atoms with Crippen LogP contribution in [0.25, 0.3) is 34.5 Å². The van der Waals surface area contributed by atoms with Gasteiger partial charge in [-0.05, 0) is 31.0 Å². The standard InChI is InChI=1S/2C7H5N.4C6H4N2.2C5H3N3.21C2H6.3CH4.8K/c1-2-7-3-5-8-6-4-7;1-2-7-4-3-5-8-6-7;1-7-6-3-2-4-8-5-6;7-5-6-1-3-8-4-2-6;1-2-6-3-4-7-8-5-6;7-4-6-2-1-3-8-5-6;1-6-5-2-3-7-8-4-5;6-3-5-1-2-7-8-4-5;21*1-2;;;;;;;;;;;/h2*1-3,5-6H;1-2,4-5H;1,3-5H;1-2,4-5H;1,3-5H;1,3-4H;2-4H;21*1-2H3;3*1H4;;;;;;;;/q8*-2;;;;;;;;;;;;;;;;;;;;;;;;;8*+1. The largest absolute Gasteiger partial charge is 1.00 e. The summed E-state index contributed by atoms with van der Waals surface area (Å²) in [4.78, 5) is 25.4. The third-order valence-corrected chi connectivity index (χ3v) is 5.98. The summed E-state index contributed by atoms with van der Waals surface area (Å²) < 4.78 is 0. The maximum atomic E-state index is 8.35. The Bertz CT molecular complexity index is 1930. The summed E-state index contributed by atoms with van der Waals surface area (Å²) in [6.07, 6.45) is 31.9. The molecule has 24 heteroatoms. The smallest absolute Gasteiger partial charge is 0.879 e. The molecule has 0 bridgehead atoms. The normalized spacial score (nSPS) is 5.73. The summed E-state index contributed by atoms with van der Waals surface area (Å²) in [6.45, 7) is 109. The van der Waals surface area contributed by atoms with Crippen LogP contribution in [0.3, 0.4) is 0 Å². The molecule has 0 aromatic carbocycles. The van der Waals surface area contributed by atoms with Gasteiger partial charge < -0.3 is 109 Å². The van der Waals surface area contributed by atoms with Gasteiger partial charge in [-0.1, -0.05) is 356 Å². The zero-order valence-electron chi connectivity index (χ0n) is 83.6. The van der Waals surface area contributed by atoms with Gasteiger partial charge in [-0.15, -0.1) is 42.9 Å². The Balaban J connectivity index is -0.0000000218. The average molecular weight is 1830 g/mol. The Morgan fingerprint density at radius 1 is 0.239 bits per heavy atom. The molecular formula is C93H170K8N16-8. The van der Waals surface area contributed by atoms with Gasteiger partial charge in [0, 0.05) is 0 Å². The van der Waals surface area contributed by atoms with E-state index in [-0.39, 0.29) is 433 Å². The van der Waals surface area contributed by atoms with Crippen LogP contribution >= 0.6 is 0 Å². The van der Waals surface area contributed by atoms with E-state index in [1.54, 1.807) is 86.1 Å². The van der Waals surface area contributed by atoms with Gasteiger partial charge in [0.2, 0.25) is 0 Å². The van der Waals surface area contributed by atoms with Gasteiger partial charge in [-0.25, -0.2) is 38.7 Å². The van der Waals surface area contributed by atoms with E-state index < -0.39 is 0 Å². The summed E-state index contributed by atoms with van der Waals surface area (Å²) in [6, 6.07) is 30.5. The summed E-state index contributed by atoms with van der Waals surface area (Å²) in [5, 5.41) is 46.0. The van der Waals surface area contributed by atoms with Crippen molar-refractivity contribution < 1.29 is 411 Å². The van der Waals surface area contributed by atoms with Crippen molar-refractivity contribution in [2.45, 2.75) is 313 Å². The molecule has 0 atom stereocenters. The molecule has 0 spiro atoms. The molecule has 0 aliphatic rings. The van der Waals surface area contributed by atoms with Crippen molar-refractivity contribution in [2.75, 3.05) is 0 Å². The second-order valence-corrected chi connectivity index (χ2v) is 10.2. The summed E-state index contributed by atoms with van der Waals surface area (Å²) >= 11 is 0. The Morgan fingerprint density at radius 3 is 0.598 bits per heavy atom. The van der Waals surface area contributed by atoms with Gasteiger partial charge in [0.15, 0.2) is 0 Å². The minimum atomic E-state index is 0. The molecule has 8 aromatic rings. The Labute approximate surface area is 1070 Å². The van der Waals surface area contributed by atoms with Crippen LogP contribution in [0.2, 0.25) is 0 Å². The topological polar surface area (TPSA) is 233 Å². The van der Waals surface area contributed by atoms with Crippen molar-refractivity contribution in [1.82, 2.24) is 55.5 Å². The molecule has 8 aromatic heterocycles. The molecule has 0 saturated carbocycles. The van der Waals surface area contributed by atoms with Crippen molar-refractivity contribution in [3.63, 3.8) is 0 Å². The predicted octanol–water partition coefficient (Wildman–Crippen LogP) is 6.45. The molecule has 0 aliphatic heterocycles. The van der Waals surface area contributed by atoms with Crippen LogP contribution in [0, 0.1) is 68.3 Å². The zero-order chi connectivity index (χ0) is 88.6. The van der Waals surface area contributed by atoms with Gasteiger partial charge in [-0.2, -0.15) is 64.8 Å². The van der Waals surface area contributed by atoms with Crippen LogP contribution in [0.1, 0.15) is 346 Å². The fraction of sp³-hybridized carbons (Fsp3) is 0.484. The molecule has 0 saturated heterocycles. The van der Waals surface area contributed by atoms with Gasteiger partial charge in [0.1, 0.15) is 0 Å². The van der Waals surface area contributed by atoms with Crippen LogP contribution in [0.15, 0.2) is 139 Å². The van der Waals surface area contributed by atoms with Gasteiger partial charge in [-0.3, -0.25) is 45.0 Å². The number of hydrogen-bond donors (Lipinski definition) is 0. The van der Waals surface area contributed by atoms with Crippen molar-refractivity contribution >= 4 is 61.7 Å². The SMILES string of the molecule is C.C.C.CC.CC.CC.CC.CC.CC.CC.CC.CC.CC.CC.CC.CC.CC.CC.CC.CC.CC.CC.CC.CC.[CH-]=Cc1[c-]ccnc1.[CH-]=Cc1[c-]cncc1.[CH-]=Cc1[c-]cnnc1.[CH-]=Nc1[c-]ccnc1.[CH-]=Nc1[c-]cnnc1.[K+].[K+].[K+].[K+].[K+].[K+].[K+].[K+].[N-]=Cc1[c-]ccnc1.[N-]=Cc1[c-]cncc1.[N-]=Cc1[c-]cnnc1. The molecule has 0 unspecified atom stereocenters. The van der Waals surface area contributed by atoms with E-state index in [2.05, 4.69) is 114 Å². The first kappa shape index (κ1) is 220. The minimum Gasteiger partial charge on any atom is -0.879 e. The fourth-order valence-electron chi connectivity index (χ4n) is 3.08. The van der Waals surface area contributed by atoms with Crippen LogP contribution in [0.5, 0.6) is 0 Å². The summed E-state index contributed by atoms with van der Waals surface area (Å²) in [5.41, 5.74) is 5.35. The molecule has 8 heterocycles. The number of nitrogens with zero attached hydrogens (tertiary/aromatic N) is 16. The van der Waals surface area contributed by atoms with E-state index in [1.165, 1.54) is 61.6 Å². The van der Waals surface area contributed by atoms with E-state index in [9.17, 15) is 0 Å². The molecule has 0 radical (unpaired) electrons. The van der Waals surface area contributed by atoms with Crippen molar-refractivity contribution in [2.24, 2.45) is 9.98 Å². The Kier molecular flexibility index (Phi) is 553. The monoisotopic (exact) mass is 1820 g/mol. The Morgan fingerprint density at radius 2 is 0.462 bits per heavy atom. The van der Waals surface area contributed by atoms with E-state index in [1.807, 2.05) is 291 Å². The molecule has 117 heavy (non-hydrogen) atoms. The maximum Gasteiger partial charge on any atom is 1.00 e. The number of hydrogen-bond acceptors (Lipinski definition) is 13. The van der Waals surface area contributed by atoms with E-state index in [0.29, 0.717) is 28.1 Å². The molecule has 0 fully saturated rings. The number of pyridine rings is 5. The van der Waals surface area contributed by atoms with Crippen LogP contribution < -0.4 is 411 Å². The van der Waals surface area contributed by atoms with E-state index in [0.717, 1.165) is 35.3 Å². The predicted molar refractivity (Wildman–Crippen MR) is 505 cm³/mol. The van der Waals surface area contributed by atoms with Gasteiger partial charge in [0.05, 0.1) is 0 Å². The third kappa shape index (κ3) is 237. The molecular weight excluding hydrogens is 1650 g/mol. The number of aliphatic imine (C=N–C) groups is 2. The second kappa shape index (κ2) is 294. The van der Waals surface area contributed by atoms with Crippen molar-refractivity contribution in [3.8, 4) is 0 Å². The first-order valence-corrected chi connectivity index (χ1v) is 38.5. The molecule has 0 N–H and O–H groups in total. The molecule has 0 amide bonds. The first-order valence-electron chi connectivity index (χ1n) is 38.5. The van der Waals surface area contributed by atoms with Crippen LogP contribution in [-0.2, 0) is 0 Å². The number of aromatic nitrogens is 11. The maximum absolute atomic E-state index is 8.35. The van der Waals surface area contributed by atoms with E-state index >= 15 is 0 Å². The minimum absolute atomic E-state index is 0. The second-order valence-electron chi connectivity index (χ2n) is 10.2. The quantitative estimate of drug-likeness (QED) is 0.0911. The average Bonchev–Trinajstić information content (AvgIpc) is 1.08. The third-order valence-electron chi connectivity index (χ3n) is 5.98. The summed E-state index contributed by atoms with van der Waals surface area (Å²) in [5.74, 6) is 0. The van der Waals surface area contributed by atoms with Crippen molar-refractivity contribution in [1.29, 1.82) is 0 Å². The fourth-order valence-corrected chi connectivity index (χ4v) is 3.08. The molecule has 0 aliphatic carbocycles. The van der Waals surface area contributed by atoms with Gasteiger partial charge in [0.25, 0.3) is 0 Å². The van der Waals surface area contributed by atoms with Crippen LogP contribution in [-0.4, -0.2) is 87.6 Å². The number of rotatable bonds is 8. The Hall–Kier alpha value is 3.65. The molecule has 8 rings (SSSR count). The van der Waals surface area contributed by atoms with Gasteiger partial charge >= 0.3 is 411 Å². The molecule has 638 valence electrons. The van der Waals surface area contributed by atoms with Crippen LogP contribution in [0.4, 0.5) is 11.4 Å². The summed E-state index contributed by atoms with van der Waals surface area (Å²) in [7, 11) is 0. The van der Waals surface area contributed by atoms with Crippen molar-refractivity contribution in [3.05, 3.63) is 247 Å².